The van der Waals surface area contributed by atoms with Gasteiger partial charge in [-0.1, -0.05) is 34.1 Å². The molecule has 0 fully saturated rings. The fourth-order valence-corrected chi connectivity index (χ4v) is 2.34. The third-order valence-corrected chi connectivity index (χ3v) is 3.84. The first-order valence-corrected chi connectivity index (χ1v) is 8.43. The van der Waals surface area contributed by atoms with E-state index in [1.165, 1.54) is 32.4 Å². The summed E-state index contributed by atoms with van der Waals surface area (Å²) in [7, 11) is 2.92. The molecular formula is C19H19BrO6. The number of hydrogen-bond donors (Lipinski definition) is 1. The van der Waals surface area contributed by atoms with Gasteiger partial charge in [0.25, 0.3) is 0 Å². The monoisotopic (exact) mass is 422 g/mol. The number of rotatable bonds is 9. The zero-order chi connectivity index (χ0) is 18.9. The molecule has 2 rings (SSSR count). The van der Waals surface area contributed by atoms with Gasteiger partial charge in [0.2, 0.25) is 5.75 Å². The van der Waals surface area contributed by atoms with Gasteiger partial charge in [-0.2, -0.15) is 0 Å². The molecule has 0 unspecified atom stereocenters. The van der Waals surface area contributed by atoms with E-state index in [0.717, 1.165) is 10.0 Å². The van der Waals surface area contributed by atoms with Crippen molar-refractivity contribution in [3.63, 3.8) is 0 Å². The molecule has 0 amide bonds. The molecule has 0 aliphatic rings. The van der Waals surface area contributed by atoms with Crippen LogP contribution in [-0.4, -0.2) is 38.7 Å². The number of ketones is 1. The smallest absolute Gasteiger partial charge is 0.206 e. The predicted molar refractivity (Wildman–Crippen MR) is 101 cm³/mol. The quantitative estimate of drug-likeness (QED) is 0.373. The van der Waals surface area contributed by atoms with Crippen LogP contribution in [0.4, 0.5) is 0 Å². The van der Waals surface area contributed by atoms with Gasteiger partial charge in [0.1, 0.15) is 0 Å². The average Bonchev–Trinajstić information content (AvgIpc) is 2.65. The summed E-state index contributed by atoms with van der Waals surface area (Å²) >= 11 is 3.36. The van der Waals surface area contributed by atoms with Crippen LogP contribution < -0.4 is 9.47 Å². The molecule has 26 heavy (non-hydrogen) atoms. The Morgan fingerprint density at radius 3 is 2.35 bits per heavy atom. The molecule has 0 radical (unpaired) electrons. The predicted octanol–water partition coefficient (Wildman–Crippen LogP) is 4.02. The molecule has 0 saturated heterocycles. The zero-order valence-electron chi connectivity index (χ0n) is 14.4. The lowest BCUT2D eigenvalue weighted by atomic mass is 10.1. The summed E-state index contributed by atoms with van der Waals surface area (Å²) in [6.45, 7) is -0.136. The lowest BCUT2D eigenvalue weighted by Crippen LogP contribution is -2.06. The highest BCUT2D eigenvalue weighted by atomic mass is 79.9. The second-order valence-electron chi connectivity index (χ2n) is 5.14. The Morgan fingerprint density at radius 2 is 1.69 bits per heavy atom. The number of carbonyl (C=O) groups excluding carboxylic acids is 1. The second-order valence-corrected chi connectivity index (χ2v) is 6.06. The second kappa shape index (κ2) is 9.96. The number of halogens is 1. The van der Waals surface area contributed by atoms with Crippen LogP contribution in [-0.2, 0) is 9.47 Å². The molecule has 0 spiro atoms. The first-order chi connectivity index (χ1) is 12.6. The highest BCUT2D eigenvalue weighted by Gasteiger charge is 2.19. The number of allylic oxidation sites excluding steroid dienone is 1. The fourth-order valence-electron chi connectivity index (χ4n) is 2.08. The van der Waals surface area contributed by atoms with E-state index in [1.54, 1.807) is 6.08 Å². The molecule has 0 bridgehead atoms. The minimum absolute atomic E-state index is 0.0202. The maximum Gasteiger partial charge on any atom is 0.206 e. The average molecular weight is 423 g/mol. The number of ether oxygens (including phenoxy) is 4. The third kappa shape index (κ3) is 5.32. The van der Waals surface area contributed by atoms with E-state index in [4.69, 9.17) is 18.9 Å². The molecule has 0 aromatic heterocycles. The molecule has 7 heteroatoms. The van der Waals surface area contributed by atoms with Gasteiger partial charge in [-0.05, 0) is 35.9 Å². The highest BCUT2D eigenvalue weighted by Crippen LogP contribution is 2.39. The van der Waals surface area contributed by atoms with Crippen LogP contribution in [0.25, 0.3) is 6.08 Å². The molecular weight excluding hydrogens is 404 g/mol. The number of methoxy groups -OCH3 is 2. The minimum Gasteiger partial charge on any atom is -0.504 e. The Hall–Kier alpha value is -2.35. The molecule has 0 saturated carbocycles. The van der Waals surface area contributed by atoms with Gasteiger partial charge in [0.05, 0.1) is 5.56 Å². The third-order valence-electron chi connectivity index (χ3n) is 3.31. The van der Waals surface area contributed by atoms with Crippen molar-refractivity contribution < 1.29 is 28.8 Å². The molecule has 138 valence electrons. The van der Waals surface area contributed by atoms with Crippen molar-refractivity contribution in [3.05, 3.63) is 58.1 Å². The van der Waals surface area contributed by atoms with E-state index in [0.29, 0.717) is 0 Å². The van der Waals surface area contributed by atoms with E-state index in [9.17, 15) is 9.90 Å². The van der Waals surface area contributed by atoms with Crippen LogP contribution in [0.3, 0.4) is 0 Å². The molecule has 0 aliphatic carbocycles. The van der Waals surface area contributed by atoms with Crippen LogP contribution in [0.2, 0.25) is 0 Å². The topological polar surface area (TPSA) is 74.2 Å². The van der Waals surface area contributed by atoms with Crippen LogP contribution in [0.5, 0.6) is 17.2 Å². The fraction of sp³-hybridized carbons (Fsp3) is 0.211. The lowest BCUT2D eigenvalue weighted by molar-refractivity contribution is 0.0307. The van der Waals surface area contributed by atoms with Gasteiger partial charge in [-0.25, -0.2) is 0 Å². The molecule has 2 aromatic carbocycles. The molecule has 0 aliphatic heterocycles. The van der Waals surface area contributed by atoms with Gasteiger partial charge in [0, 0.05) is 18.7 Å². The number of carbonyl (C=O) groups is 1. The largest absolute Gasteiger partial charge is 0.504 e. The summed E-state index contributed by atoms with van der Waals surface area (Å²) in [5.74, 6) is -0.422. The minimum atomic E-state index is -0.369. The summed E-state index contributed by atoms with van der Waals surface area (Å²) in [5, 5.41) is 10.4. The number of phenols is 1. The van der Waals surface area contributed by atoms with E-state index in [-0.39, 0.29) is 42.2 Å². The SMILES string of the molecule is COCOc1ccc(C(=O)/C=C/c2ccc(Br)cc2)c(O)c1OCOC. The van der Waals surface area contributed by atoms with Crippen molar-refractivity contribution in [1.82, 2.24) is 0 Å². The summed E-state index contributed by atoms with van der Waals surface area (Å²) < 4.78 is 21.3. The molecule has 0 heterocycles. The van der Waals surface area contributed by atoms with Crippen molar-refractivity contribution in [1.29, 1.82) is 0 Å². The molecule has 6 nitrogen and oxygen atoms in total. The Kier molecular flexibility index (Phi) is 7.65. The van der Waals surface area contributed by atoms with Crippen molar-refractivity contribution in [3.8, 4) is 17.2 Å². The number of phenolic OH excluding ortho intramolecular Hbond substituents is 1. The zero-order valence-corrected chi connectivity index (χ0v) is 16.0. The summed E-state index contributed by atoms with van der Waals surface area (Å²) in [6.07, 6.45) is 3.05. The Labute approximate surface area is 160 Å². The van der Waals surface area contributed by atoms with Crippen LogP contribution in [0, 0.1) is 0 Å². The molecule has 2 aromatic rings. The van der Waals surface area contributed by atoms with Gasteiger partial charge >= 0.3 is 0 Å². The van der Waals surface area contributed by atoms with Crippen LogP contribution in [0.1, 0.15) is 15.9 Å². The van der Waals surface area contributed by atoms with E-state index < -0.39 is 0 Å². The van der Waals surface area contributed by atoms with Gasteiger partial charge in [0.15, 0.2) is 30.9 Å². The van der Waals surface area contributed by atoms with Crippen LogP contribution >= 0.6 is 15.9 Å². The summed E-state index contributed by atoms with van der Waals surface area (Å²) in [6, 6.07) is 10.5. The lowest BCUT2D eigenvalue weighted by Gasteiger charge is -2.14. The van der Waals surface area contributed by atoms with Crippen molar-refractivity contribution >= 4 is 27.8 Å². The highest BCUT2D eigenvalue weighted by molar-refractivity contribution is 9.10. The first kappa shape index (κ1) is 20.0. The van der Waals surface area contributed by atoms with E-state index >= 15 is 0 Å². The van der Waals surface area contributed by atoms with Gasteiger partial charge < -0.3 is 24.1 Å². The van der Waals surface area contributed by atoms with Crippen molar-refractivity contribution in [2.24, 2.45) is 0 Å². The number of aromatic hydroxyl groups is 1. The maximum atomic E-state index is 12.4. The Balaban J connectivity index is 2.26. The van der Waals surface area contributed by atoms with E-state index in [1.807, 2.05) is 24.3 Å². The Bertz CT molecular complexity index is 770. The normalized spacial score (nSPS) is 10.9. The van der Waals surface area contributed by atoms with Gasteiger partial charge in [-0.3, -0.25) is 4.79 Å². The van der Waals surface area contributed by atoms with Crippen LogP contribution in [0.15, 0.2) is 46.9 Å². The number of benzene rings is 2. The van der Waals surface area contributed by atoms with Gasteiger partial charge in [-0.15, -0.1) is 0 Å². The standard InChI is InChI=1S/C19H19BrO6/c1-23-11-25-17-10-8-15(18(22)19(17)26-12-24-2)16(21)9-5-13-3-6-14(20)7-4-13/h3-10,22H,11-12H2,1-2H3/b9-5+. The number of hydrogen-bond acceptors (Lipinski definition) is 6. The molecule has 0 atom stereocenters. The maximum absolute atomic E-state index is 12.4. The van der Waals surface area contributed by atoms with E-state index in [2.05, 4.69) is 15.9 Å². The first-order valence-electron chi connectivity index (χ1n) is 7.64. The molecule has 1 N–H and O–H groups in total. The summed E-state index contributed by atoms with van der Waals surface area (Å²) in [4.78, 5) is 12.4. The van der Waals surface area contributed by atoms with Crippen molar-refractivity contribution in [2.75, 3.05) is 27.8 Å². The van der Waals surface area contributed by atoms with Crippen molar-refractivity contribution in [2.45, 2.75) is 0 Å². The summed E-state index contributed by atoms with van der Waals surface area (Å²) in [5.41, 5.74) is 0.950. The Morgan fingerprint density at radius 1 is 1.04 bits per heavy atom.